The number of amides is 1. The van der Waals surface area contributed by atoms with Crippen molar-refractivity contribution in [1.82, 2.24) is 10.2 Å². The summed E-state index contributed by atoms with van der Waals surface area (Å²) in [6.07, 6.45) is 0.288. The second-order valence-corrected chi connectivity index (χ2v) is 5.85. The maximum atomic E-state index is 12.0. The largest absolute Gasteiger partial charge is 0.373 e. The number of hydrogen-bond donors (Lipinski definition) is 1. The smallest absolute Gasteiger partial charge is 0.234 e. The van der Waals surface area contributed by atoms with E-state index in [9.17, 15) is 9.59 Å². The van der Waals surface area contributed by atoms with Gasteiger partial charge in [0.15, 0.2) is 5.78 Å². The molecular weight excluding hydrogens is 244 g/mol. The van der Waals surface area contributed by atoms with Crippen LogP contribution in [0.1, 0.15) is 34.6 Å². The first-order valence-electron chi connectivity index (χ1n) is 6.97. The van der Waals surface area contributed by atoms with Crippen LogP contribution in [0.5, 0.6) is 0 Å². The Morgan fingerprint density at radius 1 is 1.26 bits per heavy atom. The normalized spacial score (nSPS) is 26.2. The number of morpholine rings is 1. The molecule has 19 heavy (non-hydrogen) atoms. The molecule has 0 bridgehead atoms. The maximum absolute atomic E-state index is 12.0. The predicted octanol–water partition coefficient (Wildman–Crippen LogP) is 0.825. The molecule has 1 aliphatic rings. The first-order valence-corrected chi connectivity index (χ1v) is 6.97. The lowest BCUT2D eigenvalue weighted by Gasteiger charge is -2.35. The van der Waals surface area contributed by atoms with Gasteiger partial charge in [-0.3, -0.25) is 14.5 Å². The van der Waals surface area contributed by atoms with E-state index in [2.05, 4.69) is 10.2 Å². The SMILES string of the molecule is CC(=O)C(NC(=O)CN1CC(C)OC(C)C1)C(C)C. The van der Waals surface area contributed by atoms with Crippen LogP contribution in [-0.4, -0.2) is 54.5 Å². The monoisotopic (exact) mass is 270 g/mol. The van der Waals surface area contributed by atoms with E-state index >= 15 is 0 Å². The Hall–Kier alpha value is -0.940. The molecule has 1 amide bonds. The summed E-state index contributed by atoms with van der Waals surface area (Å²) in [6, 6.07) is -0.386. The van der Waals surface area contributed by atoms with E-state index in [1.807, 2.05) is 27.7 Å². The van der Waals surface area contributed by atoms with E-state index in [0.29, 0.717) is 6.54 Å². The van der Waals surface area contributed by atoms with Gasteiger partial charge in [-0.25, -0.2) is 0 Å². The highest BCUT2D eigenvalue weighted by molar-refractivity contribution is 5.88. The van der Waals surface area contributed by atoms with Crippen LogP contribution in [0.3, 0.4) is 0 Å². The van der Waals surface area contributed by atoms with Crippen molar-refractivity contribution in [2.75, 3.05) is 19.6 Å². The fraction of sp³-hybridized carbons (Fsp3) is 0.857. The Morgan fingerprint density at radius 3 is 2.21 bits per heavy atom. The van der Waals surface area contributed by atoms with Crippen LogP contribution in [0.4, 0.5) is 0 Å². The van der Waals surface area contributed by atoms with Crippen molar-refractivity contribution in [3.8, 4) is 0 Å². The minimum Gasteiger partial charge on any atom is -0.373 e. The van der Waals surface area contributed by atoms with Crippen molar-refractivity contribution in [1.29, 1.82) is 0 Å². The van der Waals surface area contributed by atoms with Gasteiger partial charge in [0.05, 0.1) is 24.8 Å². The molecule has 3 unspecified atom stereocenters. The van der Waals surface area contributed by atoms with Gasteiger partial charge in [0.25, 0.3) is 0 Å². The topological polar surface area (TPSA) is 58.6 Å². The highest BCUT2D eigenvalue weighted by Crippen LogP contribution is 2.10. The lowest BCUT2D eigenvalue weighted by atomic mass is 10.0. The average molecular weight is 270 g/mol. The summed E-state index contributed by atoms with van der Waals surface area (Å²) in [5.74, 6) is 0.0336. The summed E-state index contributed by atoms with van der Waals surface area (Å²) in [6.45, 7) is 11.2. The highest BCUT2D eigenvalue weighted by atomic mass is 16.5. The number of rotatable bonds is 5. The van der Waals surface area contributed by atoms with Crippen LogP contribution in [-0.2, 0) is 14.3 Å². The Kier molecular flexibility index (Phi) is 5.94. The number of Topliss-reactive ketones (excluding diaryl/α,β-unsaturated/α-hetero) is 1. The van der Waals surface area contributed by atoms with E-state index in [1.54, 1.807) is 0 Å². The molecule has 110 valence electrons. The Bertz CT molecular complexity index is 321. The molecule has 0 aromatic rings. The molecule has 0 aromatic heterocycles. The molecule has 1 rings (SSSR count). The molecule has 1 saturated heterocycles. The molecule has 1 fully saturated rings. The number of ether oxygens (including phenoxy) is 1. The molecule has 1 aliphatic heterocycles. The van der Waals surface area contributed by atoms with Crippen molar-refractivity contribution < 1.29 is 14.3 Å². The van der Waals surface area contributed by atoms with E-state index in [4.69, 9.17) is 4.74 Å². The molecule has 0 radical (unpaired) electrons. The Balaban J connectivity index is 2.48. The van der Waals surface area contributed by atoms with Gasteiger partial charge in [0.2, 0.25) is 5.91 Å². The van der Waals surface area contributed by atoms with Gasteiger partial charge in [-0.05, 0) is 26.7 Å². The maximum Gasteiger partial charge on any atom is 0.234 e. The van der Waals surface area contributed by atoms with Crippen molar-refractivity contribution in [3.05, 3.63) is 0 Å². The van der Waals surface area contributed by atoms with Crippen LogP contribution >= 0.6 is 0 Å². The van der Waals surface area contributed by atoms with Crippen LogP contribution in [0, 0.1) is 5.92 Å². The van der Waals surface area contributed by atoms with E-state index < -0.39 is 0 Å². The van der Waals surface area contributed by atoms with Gasteiger partial charge in [-0.15, -0.1) is 0 Å². The molecule has 1 N–H and O–H groups in total. The predicted molar refractivity (Wildman–Crippen MR) is 73.9 cm³/mol. The first-order chi connectivity index (χ1) is 8.79. The standard InChI is InChI=1S/C14H26N2O3/c1-9(2)14(12(5)17)15-13(18)8-16-6-10(3)19-11(4)7-16/h9-11,14H,6-8H2,1-5H3,(H,15,18). The molecule has 5 heteroatoms. The third kappa shape index (κ3) is 5.28. The van der Waals surface area contributed by atoms with Crippen molar-refractivity contribution >= 4 is 11.7 Å². The molecule has 0 aliphatic carbocycles. The number of carbonyl (C=O) groups excluding carboxylic acids is 2. The third-order valence-electron chi connectivity index (χ3n) is 3.28. The van der Waals surface area contributed by atoms with Gasteiger partial charge >= 0.3 is 0 Å². The van der Waals surface area contributed by atoms with Crippen LogP contribution < -0.4 is 5.32 Å². The fourth-order valence-corrected chi connectivity index (χ4v) is 2.57. The highest BCUT2D eigenvalue weighted by Gasteiger charge is 2.26. The molecule has 0 aromatic carbocycles. The van der Waals surface area contributed by atoms with Crippen molar-refractivity contribution in [2.24, 2.45) is 5.92 Å². The van der Waals surface area contributed by atoms with Crippen molar-refractivity contribution in [2.45, 2.75) is 52.9 Å². The zero-order chi connectivity index (χ0) is 14.6. The lowest BCUT2D eigenvalue weighted by Crippen LogP contribution is -2.52. The first kappa shape index (κ1) is 16.1. The van der Waals surface area contributed by atoms with Crippen LogP contribution in [0.15, 0.2) is 0 Å². The zero-order valence-corrected chi connectivity index (χ0v) is 12.6. The molecule has 1 heterocycles. The van der Waals surface area contributed by atoms with Gasteiger partial charge in [-0.2, -0.15) is 0 Å². The van der Waals surface area contributed by atoms with Gasteiger partial charge in [-0.1, -0.05) is 13.8 Å². The summed E-state index contributed by atoms with van der Waals surface area (Å²) >= 11 is 0. The van der Waals surface area contributed by atoms with Crippen molar-refractivity contribution in [3.63, 3.8) is 0 Å². The lowest BCUT2D eigenvalue weighted by molar-refractivity contribution is -0.131. The molecule has 0 saturated carbocycles. The Labute approximate surface area is 115 Å². The third-order valence-corrected chi connectivity index (χ3v) is 3.28. The molecule has 0 spiro atoms. The molecule has 3 atom stereocenters. The van der Waals surface area contributed by atoms with E-state index in [1.165, 1.54) is 6.92 Å². The minimum atomic E-state index is -0.386. The summed E-state index contributed by atoms with van der Waals surface area (Å²) in [5.41, 5.74) is 0. The van der Waals surface area contributed by atoms with Gasteiger partial charge in [0.1, 0.15) is 0 Å². The summed E-state index contributed by atoms with van der Waals surface area (Å²) < 4.78 is 5.63. The zero-order valence-electron chi connectivity index (χ0n) is 12.6. The number of carbonyl (C=O) groups is 2. The van der Waals surface area contributed by atoms with E-state index in [-0.39, 0.29) is 35.9 Å². The van der Waals surface area contributed by atoms with Crippen LogP contribution in [0.25, 0.3) is 0 Å². The second kappa shape index (κ2) is 7.01. The number of hydrogen-bond acceptors (Lipinski definition) is 4. The Morgan fingerprint density at radius 2 is 1.79 bits per heavy atom. The van der Waals surface area contributed by atoms with E-state index in [0.717, 1.165) is 13.1 Å². The van der Waals surface area contributed by atoms with Crippen LogP contribution in [0.2, 0.25) is 0 Å². The number of nitrogens with zero attached hydrogens (tertiary/aromatic N) is 1. The minimum absolute atomic E-state index is 0.00654. The quantitative estimate of drug-likeness (QED) is 0.804. The second-order valence-electron chi connectivity index (χ2n) is 5.85. The molecular formula is C14H26N2O3. The summed E-state index contributed by atoms with van der Waals surface area (Å²) in [7, 11) is 0. The number of ketones is 1. The fourth-order valence-electron chi connectivity index (χ4n) is 2.57. The number of nitrogens with one attached hydrogen (secondary N) is 1. The summed E-state index contributed by atoms with van der Waals surface area (Å²) in [5, 5.41) is 2.82. The van der Waals surface area contributed by atoms with Gasteiger partial charge in [0, 0.05) is 13.1 Å². The summed E-state index contributed by atoms with van der Waals surface area (Å²) in [4.78, 5) is 25.5. The van der Waals surface area contributed by atoms with Gasteiger partial charge < -0.3 is 10.1 Å². The molecule has 5 nitrogen and oxygen atoms in total. The average Bonchev–Trinajstić information content (AvgIpc) is 2.23.